The summed E-state index contributed by atoms with van der Waals surface area (Å²) >= 11 is 0. The third-order valence-corrected chi connectivity index (χ3v) is 3.74. The fourth-order valence-electron chi connectivity index (χ4n) is 2.47. The van der Waals surface area contributed by atoms with E-state index in [0.717, 1.165) is 0 Å². The van der Waals surface area contributed by atoms with Crippen LogP contribution in [0.4, 0.5) is 4.39 Å². The molecule has 0 radical (unpaired) electrons. The predicted molar refractivity (Wildman–Crippen MR) is 89.5 cm³/mol. The Kier molecular flexibility index (Phi) is 4.35. The Morgan fingerprint density at radius 2 is 2.16 bits per heavy atom. The van der Waals surface area contributed by atoms with Crippen molar-refractivity contribution in [3.63, 3.8) is 0 Å². The number of hydrogen-bond acceptors (Lipinski definition) is 5. The van der Waals surface area contributed by atoms with Crippen molar-refractivity contribution < 1.29 is 13.9 Å². The molecule has 0 spiro atoms. The topological polar surface area (TPSA) is 89.9 Å². The number of carbonyl (C=O) groups excluding carboxylic acids is 1. The summed E-state index contributed by atoms with van der Waals surface area (Å²) in [7, 11) is 0. The molecule has 0 bridgehead atoms. The van der Waals surface area contributed by atoms with E-state index >= 15 is 0 Å². The summed E-state index contributed by atoms with van der Waals surface area (Å²) in [4.78, 5) is 30.9. The van der Waals surface area contributed by atoms with Crippen LogP contribution in [-0.4, -0.2) is 32.3 Å². The summed E-state index contributed by atoms with van der Waals surface area (Å²) in [5.74, 6) is -0.907. The van der Waals surface area contributed by atoms with Crippen LogP contribution in [-0.2, 0) is 4.74 Å². The average Bonchev–Trinajstić information content (AvgIpc) is 3.04. The van der Waals surface area contributed by atoms with Crippen LogP contribution in [0, 0.1) is 5.82 Å². The lowest BCUT2D eigenvalue weighted by Gasteiger charge is -2.09. The van der Waals surface area contributed by atoms with Gasteiger partial charge in [-0.15, -0.1) is 0 Å². The third kappa shape index (κ3) is 3.15. The van der Waals surface area contributed by atoms with Crippen molar-refractivity contribution in [2.24, 2.45) is 0 Å². The Morgan fingerprint density at radius 3 is 2.84 bits per heavy atom. The number of nitrogens with zero attached hydrogens (tertiary/aromatic N) is 3. The normalized spacial score (nSPS) is 11.2. The van der Waals surface area contributed by atoms with E-state index in [4.69, 9.17) is 4.74 Å². The first kappa shape index (κ1) is 16.8. The van der Waals surface area contributed by atoms with Gasteiger partial charge in [-0.25, -0.2) is 18.9 Å². The van der Waals surface area contributed by atoms with Gasteiger partial charge in [-0.2, -0.15) is 5.10 Å². The second-order valence-corrected chi connectivity index (χ2v) is 5.83. The Hall–Kier alpha value is -3.03. The molecule has 130 valence electrons. The molecule has 0 atom stereocenters. The van der Waals surface area contributed by atoms with E-state index < -0.39 is 17.3 Å². The number of fused-ring (bicyclic) bond motifs is 1. The monoisotopic (exact) mass is 344 g/mol. The number of ether oxygens (including phenoxy) is 1. The molecular formula is C17H17FN4O3. The van der Waals surface area contributed by atoms with E-state index in [2.05, 4.69) is 15.1 Å². The standard InChI is InChI=1S/C17H17FN4O3/c1-4-25-16(24)10-7-19-22(8-10)17-20-14-6-13(18)11(9(2)3)5-12(14)15(23)21-17/h5-9H,4H2,1-3H3,(H,20,21,23). The summed E-state index contributed by atoms with van der Waals surface area (Å²) in [6, 6.07) is 2.75. The molecule has 0 saturated heterocycles. The summed E-state index contributed by atoms with van der Waals surface area (Å²) in [6.45, 7) is 5.64. The van der Waals surface area contributed by atoms with Crippen LogP contribution >= 0.6 is 0 Å². The minimum absolute atomic E-state index is 0.0540. The molecule has 1 N–H and O–H groups in total. The first-order valence-corrected chi connectivity index (χ1v) is 7.86. The van der Waals surface area contributed by atoms with Crippen molar-refractivity contribution in [2.75, 3.05) is 6.61 Å². The van der Waals surface area contributed by atoms with E-state index in [1.54, 1.807) is 6.92 Å². The first-order valence-electron chi connectivity index (χ1n) is 7.86. The molecule has 8 heteroatoms. The first-order chi connectivity index (χ1) is 11.9. The van der Waals surface area contributed by atoms with Gasteiger partial charge in [0.25, 0.3) is 5.56 Å². The fraction of sp³-hybridized carbons (Fsp3) is 0.294. The second-order valence-electron chi connectivity index (χ2n) is 5.83. The smallest absolute Gasteiger partial charge is 0.341 e. The maximum Gasteiger partial charge on any atom is 0.341 e. The summed E-state index contributed by atoms with van der Waals surface area (Å²) in [6.07, 6.45) is 2.70. The predicted octanol–water partition coefficient (Wildman–Crippen LogP) is 2.55. The molecule has 3 rings (SSSR count). The minimum Gasteiger partial charge on any atom is -0.462 e. The molecule has 0 amide bonds. The number of hydrogen-bond donors (Lipinski definition) is 1. The maximum atomic E-state index is 14.2. The zero-order chi connectivity index (χ0) is 18.1. The second kappa shape index (κ2) is 6.46. The largest absolute Gasteiger partial charge is 0.462 e. The number of halogens is 1. The lowest BCUT2D eigenvalue weighted by molar-refractivity contribution is 0.0526. The van der Waals surface area contributed by atoms with E-state index in [0.29, 0.717) is 10.9 Å². The summed E-state index contributed by atoms with van der Waals surface area (Å²) < 4.78 is 20.3. The molecular weight excluding hydrogens is 327 g/mol. The van der Waals surface area contributed by atoms with Crippen LogP contribution in [0.1, 0.15) is 42.6 Å². The number of rotatable bonds is 4. The van der Waals surface area contributed by atoms with Crippen molar-refractivity contribution in [2.45, 2.75) is 26.7 Å². The lowest BCUT2D eigenvalue weighted by Crippen LogP contribution is -2.14. The highest BCUT2D eigenvalue weighted by Gasteiger charge is 2.15. The highest BCUT2D eigenvalue weighted by Crippen LogP contribution is 2.22. The SMILES string of the molecule is CCOC(=O)c1cnn(-c2nc3cc(F)c(C(C)C)cc3c(=O)[nH]2)c1. The van der Waals surface area contributed by atoms with Gasteiger partial charge in [-0.1, -0.05) is 13.8 Å². The number of nitrogens with one attached hydrogen (secondary N) is 1. The Morgan fingerprint density at radius 1 is 1.40 bits per heavy atom. The van der Waals surface area contributed by atoms with Crippen LogP contribution in [0.5, 0.6) is 0 Å². The Balaban J connectivity index is 2.08. The van der Waals surface area contributed by atoms with Crippen LogP contribution < -0.4 is 5.56 Å². The molecule has 7 nitrogen and oxygen atoms in total. The third-order valence-electron chi connectivity index (χ3n) is 3.74. The van der Waals surface area contributed by atoms with Gasteiger partial charge in [0.1, 0.15) is 5.82 Å². The van der Waals surface area contributed by atoms with E-state index in [1.165, 1.54) is 29.2 Å². The van der Waals surface area contributed by atoms with Crippen molar-refractivity contribution in [1.29, 1.82) is 0 Å². The summed E-state index contributed by atoms with van der Waals surface area (Å²) in [5, 5.41) is 4.29. The minimum atomic E-state index is -0.524. The van der Waals surface area contributed by atoms with Gasteiger partial charge in [0.15, 0.2) is 0 Å². The van der Waals surface area contributed by atoms with Crippen LogP contribution in [0.3, 0.4) is 0 Å². The van der Waals surface area contributed by atoms with Crippen LogP contribution in [0.25, 0.3) is 16.9 Å². The highest BCUT2D eigenvalue weighted by atomic mass is 19.1. The number of benzene rings is 1. The van der Waals surface area contributed by atoms with Gasteiger partial charge in [0.2, 0.25) is 5.95 Å². The van der Waals surface area contributed by atoms with Gasteiger partial charge < -0.3 is 4.74 Å². The van der Waals surface area contributed by atoms with Crippen molar-refractivity contribution in [3.8, 4) is 5.95 Å². The molecule has 2 aromatic heterocycles. The van der Waals surface area contributed by atoms with Gasteiger partial charge in [-0.05, 0) is 24.5 Å². The van der Waals surface area contributed by atoms with Gasteiger partial charge in [0, 0.05) is 12.3 Å². The number of H-pyrrole nitrogens is 1. The highest BCUT2D eigenvalue weighted by molar-refractivity contribution is 5.88. The van der Waals surface area contributed by atoms with E-state index in [1.807, 2.05) is 13.8 Å². The van der Waals surface area contributed by atoms with E-state index in [9.17, 15) is 14.0 Å². The number of carbonyl (C=O) groups is 1. The zero-order valence-corrected chi connectivity index (χ0v) is 14.0. The number of aromatic amines is 1. The summed E-state index contributed by atoms with van der Waals surface area (Å²) in [5.41, 5.74) is 0.492. The molecule has 0 unspecified atom stereocenters. The van der Waals surface area contributed by atoms with Crippen LogP contribution in [0.15, 0.2) is 29.3 Å². The molecule has 1 aromatic carbocycles. The Labute approximate surface area is 142 Å². The fourth-order valence-corrected chi connectivity index (χ4v) is 2.47. The van der Waals surface area contributed by atoms with Crippen molar-refractivity contribution in [3.05, 3.63) is 51.8 Å². The van der Waals surface area contributed by atoms with Crippen molar-refractivity contribution in [1.82, 2.24) is 19.7 Å². The maximum absolute atomic E-state index is 14.2. The van der Waals surface area contributed by atoms with Crippen molar-refractivity contribution >= 4 is 16.9 Å². The molecule has 0 fully saturated rings. The zero-order valence-electron chi connectivity index (χ0n) is 14.0. The molecule has 0 aliphatic rings. The average molecular weight is 344 g/mol. The van der Waals surface area contributed by atoms with Gasteiger partial charge in [0.05, 0.1) is 29.3 Å². The quantitative estimate of drug-likeness (QED) is 0.735. The molecule has 0 aliphatic heterocycles. The molecule has 0 saturated carbocycles. The van der Waals surface area contributed by atoms with E-state index in [-0.39, 0.29) is 29.6 Å². The molecule has 0 aliphatic carbocycles. The Bertz CT molecular complexity index is 1010. The molecule has 3 aromatic rings. The van der Waals surface area contributed by atoms with Gasteiger partial charge in [-0.3, -0.25) is 9.78 Å². The molecule has 25 heavy (non-hydrogen) atoms. The van der Waals surface area contributed by atoms with Gasteiger partial charge >= 0.3 is 5.97 Å². The number of esters is 1. The lowest BCUT2D eigenvalue weighted by atomic mass is 10.0. The molecule has 2 heterocycles. The van der Waals surface area contributed by atoms with Crippen LogP contribution in [0.2, 0.25) is 0 Å². The number of aromatic nitrogens is 4.